The van der Waals surface area contributed by atoms with Crippen LogP contribution >= 0.6 is 0 Å². The summed E-state index contributed by atoms with van der Waals surface area (Å²) in [4.78, 5) is 11.6. The van der Waals surface area contributed by atoms with Crippen molar-refractivity contribution in [1.82, 2.24) is 0 Å². The van der Waals surface area contributed by atoms with Crippen LogP contribution in [-0.4, -0.2) is 5.78 Å². The summed E-state index contributed by atoms with van der Waals surface area (Å²) < 4.78 is 38.5. The number of carbonyl (C=O) groups excluding carboxylic acids is 1. The number of ketones is 1. The fraction of sp³-hybridized carbons (Fsp3) is 0.357. The standard InChI is InChI=1S/C14H13F3O/c1-14(2,3)6-4-5-12(18)9-7-10(15)13(17)11(16)8-9/h7-8H,5H2,1-3H3. The summed E-state index contributed by atoms with van der Waals surface area (Å²) >= 11 is 0. The third kappa shape index (κ3) is 3.92. The quantitative estimate of drug-likeness (QED) is 0.446. The minimum atomic E-state index is -1.58. The fourth-order valence-electron chi connectivity index (χ4n) is 1.21. The molecule has 0 spiro atoms. The number of hydrogen-bond acceptors (Lipinski definition) is 1. The van der Waals surface area contributed by atoms with E-state index in [-0.39, 0.29) is 17.4 Å². The number of rotatable bonds is 2. The first-order chi connectivity index (χ1) is 8.20. The first-order valence-electron chi connectivity index (χ1n) is 5.38. The maximum atomic E-state index is 12.9. The molecule has 0 saturated heterocycles. The number of hydrogen-bond donors (Lipinski definition) is 0. The van der Waals surface area contributed by atoms with Crippen LogP contribution in [0.25, 0.3) is 0 Å². The van der Waals surface area contributed by atoms with Crippen LogP contribution in [-0.2, 0) is 0 Å². The van der Waals surface area contributed by atoms with Gasteiger partial charge in [-0.1, -0.05) is 11.8 Å². The maximum absolute atomic E-state index is 12.9. The highest BCUT2D eigenvalue weighted by atomic mass is 19.2. The van der Waals surface area contributed by atoms with Gasteiger partial charge in [-0.05, 0) is 32.9 Å². The topological polar surface area (TPSA) is 17.1 Å². The average molecular weight is 254 g/mol. The molecule has 0 aliphatic rings. The highest BCUT2D eigenvalue weighted by molar-refractivity contribution is 5.97. The molecule has 0 unspecified atom stereocenters. The van der Waals surface area contributed by atoms with Crippen LogP contribution in [0.2, 0.25) is 0 Å². The molecule has 1 nitrogen and oxygen atoms in total. The summed E-state index contributed by atoms with van der Waals surface area (Å²) in [5.74, 6) is 0.610. The fourth-order valence-corrected chi connectivity index (χ4v) is 1.21. The molecule has 0 heterocycles. The van der Waals surface area contributed by atoms with Crippen molar-refractivity contribution >= 4 is 5.78 Å². The van der Waals surface area contributed by atoms with Crippen LogP contribution in [0.5, 0.6) is 0 Å². The smallest absolute Gasteiger partial charge is 0.194 e. The Labute approximate surface area is 104 Å². The van der Waals surface area contributed by atoms with E-state index in [1.807, 2.05) is 20.8 Å². The average Bonchev–Trinajstić information content (AvgIpc) is 2.23. The molecule has 1 rings (SSSR count). The zero-order chi connectivity index (χ0) is 13.9. The summed E-state index contributed by atoms with van der Waals surface area (Å²) in [5.41, 5.74) is -0.464. The first-order valence-corrected chi connectivity index (χ1v) is 5.38. The molecule has 0 radical (unpaired) electrons. The zero-order valence-corrected chi connectivity index (χ0v) is 10.4. The van der Waals surface area contributed by atoms with Gasteiger partial charge >= 0.3 is 0 Å². The van der Waals surface area contributed by atoms with Crippen LogP contribution < -0.4 is 0 Å². The van der Waals surface area contributed by atoms with E-state index >= 15 is 0 Å². The minimum Gasteiger partial charge on any atom is -0.293 e. The molecule has 0 atom stereocenters. The maximum Gasteiger partial charge on any atom is 0.194 e. The normalized spacial score (nSPS) is 10.8. The Morgan fingerprint density at radius 2 is 1.67 bits per heavy atom. The Hall–Kier alpha value is -1.76. The molecule has 0 aromatic heterocycles. The monoisotopic (exact) mass is 254 g/mol. The molecule has 0 bridgehead atoms. The number of carbonyl (C=O) groups is 1. The van der Waals surface area contributed by atoms with E-state index in [0.717, 1.165) is 0 Å². The molecule has 0 aliphatic carbocycles. The van der Waals surface area contributed by atoms with Gasteiger partial charge in [0.25, 0.3) is 0 Å². The molecule has 18 heavy (non-hydrogen) atoms. The Bertz CT molecular complexity index is 507. The van der Waals surface area contributed by atoms with Gasteiger partial charge in [-0.15, -0.1) is 0 Å². The van der Waals surface area contributed by atoms with Gasteiger partial charge in [0.2, 0.25) is 0 Å². The van der Waals surface area contributed by atoms with Crippen LogP contribution in [0.4, 0.5) is 13.2 Å². The van der Waals surface area contributed by atoms with E-state index in [4.69, 9.17) is 0 Å². The van der Waals surface area contributed by atoms with Gasteiger partial charge in [-0.2, -0.15) is 0 Å². The third-order valence-electron chi connectivity index (χ3n) is 2.02. The van der Waals surface area contributed by atoms with Crippen molar-refractivity contribution < 1.29 is 18.0 Å². The molecule has 0 N–H and O–H groups in total. The Morgan fingerprint density at radius 1 is 1.17 bits per heavy atom. The number of halogens is 3. The highest BCUT2D eigenvalue weighted by Gasteiger charge is 2.14. The van der Waals surface area contributed by atoms with Gasteiger partial charge in [-0.25, -0.2) is 13.2 Å². The van der Waals surface area contributed by atoms with Crippen molar-refractivity contribution in [2.75, 3.05) is 0 Å². The van der Waals surface area contributed by atoms with Crippen molar-refractivity contribution in [2.24, 2.45) is 5.41 Å². The largest absolute Gasteiger partial charge is 0.293 e. The lowest BCUT2D eigenvalue weighted by Gasteiger charge is -2.06. The van der Waals surface area contributed by atoms with Gasteiger partial charge in [0.05, 0.1) is 6.42 Å². The van der Waals surface area contributed by atoms with Crippen LogP contribution in [0.1, 0.15) is 37.6 Å². The second kappa shape index (κ2) is 5.26. The van der Waals surface area contributed by atoms with E-state index in [0.29, 0.717) is 12.1 Å². The van der Waals surface area contributed by atoms with Gasteiger partial charge < -0.3 is 0 Å². The van der Waals surface area contributed by atoms with Crippen molar-refractivity contribution in [3.63, 3.8) is 0 Å². The summed E-state index contributed by atoms with van der Waals surface area (Å²) in [6.07, 6.45) is -0.151. The molecule has 4 heteroatoms. The van der Waals surface area contributed by atoms with Gasteiger partial charge in [-0.3, -0.25) is 4.79 Å². The molecule has 0 saturated carbocycles. The molecule has 0 fully saturated rings. The van der Waals surface area contributed by atoms with E-state index in [2.05, 4.69) is 11.8 Å². The predicted molar refractivity (Wildman–Crippen MR) is 62.5 cm³/mol. The molecule has 1 aromatic carbocycles. The van der Waals surface area contributed by atoms with E-state index in [1.54, 1.807) is 0 Å². The summed E-state index contributed by atoms with van der Waals surface area (Å²) in [6, 6.07) is 1.36. The molecular weight excluding hydrogens is 241 g/mol. The molecule has 96 valence electrons. The minimum absolute atomic E-state index is 0.151. The Morgan fingerprint density at radius 3 is 2.11 bits per heavy atom. The molecular formula is C14H13F3O. The zero-order valence-electron chi connectivity index (χ0n) is 10.4. The lowest BCUT2D eigenvalue weighted by Crippen LogP contribution is -2.03. The Kier molecular flexibility index (Phi) is 4.18. The summed E-state index contributed by atoms with van der Waals surface area (Å²) in [7, 11) is 0. The lowest BCUT2D eigenvalue weighted by molar-refractivity contribution is 0.0997. The van der Waals surface area contributed by atoms with E-state index in [9.17, 15) is 18.0 Å². The van der Waals surface area contributed by atoms with Crippen LogP contribution in [0, 0.1) is 34.7 Å². The van der Waals surface area contributed by atoms with E-state index in [1.165, 1.54) is 0 Å². The van der Waals surface area contributed by atoms with Crippen LogP contribution in [0.3, 0.4) is 0 Å². The highest BCUT2D eigenvalue weighted by Crippen LogP contribution is 2.15. The van der Waals surface area contributed by atoms with Gasteiger partial charge in [0, 0.05) is 11.0 Å². The second-order valence-electron chi connectivity index (χ2n) is 4.91. The second-order valence-corrected chi connectivity index (χ2v) is 4.91. The SMILES string of the molecule is CC(C)(C)C#CCC(=O)c1cc(F)c(F)c(F)c1. The van der Waals surface area contributed by atoms with Crippen molar-refractivity contribution in [3.05, 3.63) is 35.1 Å². The van der Waals surface area contributed by atoms with Crippen LogP contribution in [0.15, 0.2) is 12.1 Å². The Balaban J connectivity index is 2.88. The van der Waals surface area contributed by atoms with Gasteiger partial charge in [0.1, 0.15) is 0 Å². The molecule has 0 aliphatic heterocycles. The van der Waals surface area contributed by atoms with E-state index < -0.39 is 23.2 Å². The predicted octanol–water partition coefficient (Wildman–Crippen LogP) is 3.73. The number of Topliss-reactive ketones (excluding diaryl/α,β-unsaturated/α-hetero) is 1. The first kappa shape index (κ1) is 14.3. The molecule has 0 amide bonds. The van der Waals surface area contributed by atoms with Gasteiger partial charge in [0.15, 0.2) is 23.2 Å². The lowest BCUT2D eigenvalue weighted by atomic mass is 9.97. The third-order valence-corrected chi connectivity index (χ3v) is 2.02. The van der Waals surface area contributed by atoms with Crippen molar-refractivity contribution in [2.45, 2.75) is 27.2 Å². The van der Waals surface area contributed by atoms with Crippen molar-refractivity contribution in [3.8, 4) is 11.8 Å². The summed E-state index contributed by atoms with van der Waals surface area (Å²) in [6.45, 7) is 5.63. The molecule has 1 aromatic rings. The van der Waals surface area contributed by atoms with Crippen molar-refractivity contribution in [1.29, 1.82) is 0 Å². The number of benzene rings is 1. The summed E-state index contributed by atoms with van der Waals surface area (Å²) in [5, 5.41) is 0.